The maximum atomic E-state index is 12.0. The minimum absolute atomic E-state index is 0.114. The molecule has 0 radical (unpaired) electrons. The molecule has 8 heteroatoms. The lowest BCUT2D eigenvalue weighted by Gasteiger charge is -2.31. The van der Waals surface area contributed by atoms with Gasteiger partial charge in [-0.05, 0) is 40.9 Å². The largest absolute Gasteiger partial charge is 0.347 e. The number of rotatable bonds is 3. The average molecular weight is 367 g/mol. The van der Waals surface area contributed by atoms with Crippen LogP contribution in [0, 0.1) is 0 Å². The number of carbonyl (C=O) groups is 1. The highest BCUT2D eigenvalue weighted by Crippen LogP contribution is 2.22. The lowest BCUT2D eigenvalue weighted by Crippen LogP contribution is -2.49. The molecule has 1 amide bonds. The first-order valence-electron chi connectivity index (χ1n) is 5.87. The molecule has 2 heterocycles. The Morgan fingerprint density at radius 3 is 2.84 bits per heavy atom. The van der Waals surface area contributed by atoms with Crippen molar-refractivity contribution < 1.29 is 13.2 Å². The number of piperidine rings is 1. The van der Waals surface area contributed by atoms with Crippen LogP contribution in [0.1, 0.15) is 22.5 Å². The van der Waals surface area contributed by atoms with Crippen LogP contribution in [0.15, 0.2) is 15.9 Å². The Bertz CT molecular complexity index is 570. The number of hydrogen-bond acceptors (Lipinski definition) is 4. The molecule has 19 heavy (non-hydrogen) atoms. The third kappa shape index (κ3) is 4.01. The standard InChI is InChI=1S/C11H15BrN2O3S2/c1-19(16,17)14-6-2-3-8(7-14)13-11(15)9-4-5-10(12)18-9/h4-5,8H,2-3,6-7H2,1H3,(H,13,15). The molecule has 1 N–H and O–H groups in total. The van der Waals surface area contributed by atoms with Gasteiger partial charge in [-0.1, -0.05) is 0 Å². The molecule has 2 rings (SSSR count). The SMILES string of the molecule is CS(=O)(=O)N1CCCC(NC(=O)c2ccc(Br)s2)C1. The molecule has 1 fully saturated rings. The maximum absolute atomic E-state index is 12.0. The van der Waals surface area contributed by atoms with E-state index in [4.69, 9.17) is 0 Å². The molecule has 1 atom stereocenters. The van der Waals surface area contributed by atoms with Gasteiger partial charge in [-0.3, -0.25) is 4.79 Å². The van der Waals surface area contributed by atoms with E-state index in [1.54, 1.807) is 6.07 Å². The van der Waals surface area contributed by atoms with Gasteiger partial charge in [0.1, 0.15) is 0 Å². The van der Waals surface area contributed by atoms with Gasteiger partial charge < -0.3 is 5.32 Å². The van der Waals surface area contributed by atoms with Crippen LogP contribution in [-0.4, -0.2) is 44.0 Å². The Hall–Kier alpha value is -0.440. The summed E-state index contributed by atoms with van der Waals surface area (Å²) in [5.41, 5.74) is 0. The normalized spacial score (nSPS) is 21.3. The molecular formula is C11H15BrN2O3S2. The summed E-state index contributed by atoms with van der Waals surface area (Å²) < 4.78 is 25.3. The summed E-state index contributed by atoms with van der Waals surface area (Å²) in [6, 6.07) is 3.46. The molecular weight excluding hydrogens is 352 g/mol. The Morgan fingerprint density at radius 2 is 2.26 bits per heavy atom. The molecule has 1 aliphatic rings. The zero-order valence-corrected chi connectivity index (χ0v) is 13.6. The van der Waals surface area contributed by atoms with Gasteiger partial charge in [-0.2, -0.15) is 0 Å². The van der Waals surface area contributed by atoms with Crippen LogP contribution in [0.5, 0.6) is 0 Å². The zero-order chi connectivity index (χ0) is 14.0. The monoisotopic (exact) mass is 366 g/mol. The number of nitrogens with zero attached hydrogens (tertiary/aromatic N) is 1. The minimum atomic E-state index is -3.18. The third-order valence-corrected chi connectivity index (χ3v) is 5.88. The zero-order valence-electron chi connectivity index (χ0n) is 10.4. The number of hydrogen-bond donors (Lipinski definition) is 1. The maximum Gasteiger partial charge on any atom is 0.261 e. The third-order valence-electron chi connectivity index (χ3n) is 2.99. The second-order valence-electron chi connectivity index (χ2n) is 4.54. The van der Waals surface area contributed by atoms with Crippen LogP contribution in [0.3, 0.4) is 0 Å². The lowest BCUT2D eigenvalue weighted by molar-refractivity contribution is 0.0925. The number of amides is 1. The fourth-order valence-corrected chi connectivity index (χ4v) is 4.25. The predicted octanol–water partition coefficient (Wildman–Crippen LogP) is 1.66. The molecule has 1 aliphatic heterocycles. The van der Waals surface area contributed by atoms with Crippen molar-refractivity contribution in [1.82, 2.24) is 9.62 Å². The van der Waals surface area contributed by atoms with Gasteiger partial charge in [-0.25, -0.2) is 12.7 Å². The van der Waals surface area contributed by atoms with E-state index in [1.165, 1.54) is 21.9 Å². The molecule has 0 bridgehead atoms. The minimum Gasteiger partial charge on any atom is -0.347 e. The summed E-state index contributed by atoms with van der Waals surface area (Å²) in [4.78, 5) is 12.6. The summed E-state index contributed by atoms with van der Waals surface area (Å²) in [5, 5.41) is 2.90. The molecule has 1 saturated heterocycles. The fourth-order valence-electron chi connectivity index (χ4n) is 2.05. The van der Waals surface area contributed by atoms with E-state index in [2.05, 4.69) is 21.2 Å². The van der Waals surface area contributed by atoms with E-state index in [0.29, 0.717) is 18.0 Å². The van der Waals surface area contributed by atoms with Crippen LogP contribution in [0.2, 0.25) is 0 Å². The van der Waals surface area contributed by atoms with E-state index < -0.39 is 10.0 Å². The highest BCUT2D eigenvalue weighted by Gasteiger charge is 2.27. The highest BCUT2D eigenvalue weighted by atomic mass is 79.9. The molecule has 5 nitrogen and oxygen atoms in total. The average Bonchev–Trinajstić information content (AvgIpc) is 2.75. The summed E-state index contributed by atoms with van der Waals surface area (Å²) >= 11 is 4.68. The smallest absolute Gasteiger partial charge is 0.261 e. The van der Waals surface area contributed by atoms with E-state index in [-0.39, 0.29) is 11.9 Å². The van der Waals surface area contributed by atoms with Crippen molar-refractivity contribution in [1.29, 1.82) is 0 Å². The van der Waals surface area contributed by atoms with Crippen molar-refractivity contribution in [3.63, 3.8) is 0 Å². The van der Waals surface area contributed by atoms with Crippen molar-refractivity contribution in [2.45, 2.75) is 18.9 Å². The van der Waals surface area contributed by atoms with Gasteiger partial charge >= 0.3 is 0 Å². The van der Waals surface area contributed by atoms with Crippen LogP contribution in [0.25, 0.3) is 0 Å². The Balaban J connectivity index is 1.98. The van der Waals surface area contributed by atoms with Gasteiger partial charge in [0.15, 0.2) is 0 Å². The molecule has 1 aromatic heterocycles. The van der Waals surface area contributed by atoms with Crippen molar-refractivity contribution >= 4 is 43.2 Å². The van der Waals surface area contributed by atoms with Crippen LogP contribution in [0.4, 0.5) is 0 Å². The van der Waals surface area contributed by atoms with E-state index in [1.807, 2.05) is 6.07 Å². The number of sulfonamides is 1. The summed E-state index contributed by atoms with van der Waals surface area (Å²) in [5.74, 6) is -0.143. The summed E-state index contributed by atoms with van der Waals surface area (Å²) in [6.45, 7) is 0.896. The molecule has 0 spiro atoms. The fraction of sp³-hybridized carbons (Fsp3) is 0.545. The van der Waals surface area contributed by atoms with Crippen molar-refractivity contribution in [2.75, 3.05) is 19.3 Å². The van der Waals surface area contributed by atoms with E-state index >= 15 is 0 Å². The van der Waals surface area contributed by atoms with Gasteiger partial charge in [-0.15, -0.1) is 11.3 Å². The number of carbonyl (C=O) groups excluding carboxylic acids is 1. The van der Waals surface area contributed by atoms with Crippen LogP contribution in [-0.2, 0) is 10.0 Å². The highest BCUT2D eigenvalue weighted by molar-refractivity contribution is 9.11. The molecule has 1 unspecified atom stereocenters. The quantitative estimate of drug-likeness (QED) is 0.884. The number of nitrogens with one attached hydrogen (secondary N) is 1. The first-order valence-corrected chi connectivity index (χ1v) is 9.33. The van der Waals surface area contributed by atoms with Crippen molar-refractivity contribution in [2.24, 2.45) is 0 Å². The van der Waals surface area contributed by atoms with Crippen molar-refractivity contribution in [3.05, 3.63) is 20.8 Å². The Kier molecular flexibility index (Phi) is 4.65. The van der Waals surface area contributed by atoms with Gasteiger partial charge in [0.2, 0.25) is 10.0 Å². The molecule has 0 aliphatic carbocycles. The number of halogens is 1. The summed E-state index contributed by atoms with van der Waals surface area (Å²) in [7, 11) is -3.18. The lowest BCUT2D eigenvalue weighted by atomic mass is 10.1. The Labute approximate surface area is 125 Å². The second-order valence-corrected chi connectivity index (χ2v) is 8.98. The number of thiophene rings is 1. The molecule has 106 valence electrons. The van der Waals surface area contributed by atoms with Gasteiger partial charge in [0.25, 0.3) is 5.91 Å². The summed E-state index contributed by atoms with van der Waals surface area (Å²) in [6.07, 6.45) is 2.78. The van der Waals surface area contributed by atoms with Crippen LogP contribution < -0.4 is 5.32 Å². The topological polar surface area (TPSA) is 66.5 Å². The van der Waals surface area contributed by atoms with E-state index in [9.17, 15) is 13.2 Å². The Morgan fingerprint density at radius 1 is 1.53 bits per heavy atom. The van der Waals surface area contributed by atoms with Crippen LogP contribution >= 0.6 is 27.3 Å². The molecule has 0 saturated carbocycles. The van der Waals surface area contributed by atoms with Gasteiger partial charge in [0, 0.05) is 19.1 Å². The predicted molar refractivity (Wildman–Crippen MR) is 78.9 cm³/mol. The molecule has 0 aromatic carbocycles. The molecule has 1 aromatic rings. The van der Waals surface area contributed by atoms with Gasteiger partial charge in [0.05, 0.1) is 14.9 Å². The first kappa shape index (κ1) is 15.0. The second kappa shape index (κ2) is 5.90. The van der Waals surface area contributed by atoms with Crippen molar-refractivity contribution in [3.8, 4) is 0 Å². The first-order chi connectivity index (χ1) is 8.86. The van der Waals surface area contributed by atoms with E-state index in [0.717, 1.165) is 16.6 Å².